The van der Waals surface area contributed by atoms with Gasteiger partial charge in [0.1, 0.15) is 13.1 Å². The van der Waals surface area contributed by atoms with E-state index in [9.17, 15) is 30.0 Å². The fourth-order valence-corrected chi connectivity index (χ4v) is 6.47. The van der Waals surface area contributed by atoms with Gasteiger partial charge in [-0.25, -0.2) is 0 Å². The van der Waals surface area contributed by atoms with Crippen LogP contribution < -0.4 is 17.0 Å². The van der Waals surface area contributed by atoms with Crippen molar-refractivity contribution in [1.29, 1.82) is 0 Å². The Balaban J connectivity index is 0. The normalized spacial score (nSPS) is 13.1. The van der Waals surface area contributed by atoms with Gasteiger partial charge in [0.2, 0.25) is 30.2 Å². The maximum atomic E-state index is 13.4. The van der Waals surface area contributed by atoms with E-state index in [2.05, 4.69) is 13.8 Å². The number of rotatable bonds is 35. The molecule has 4 N–H and O–H groups in total. The highest BCUT2D eigenvalue weighted by molar-refractivity contribution is 6.14. The number of ketones is 2. The predicted molar refractivity (Wildman–Crippen MR) is 205 cm³/mol. The van der Waals surface area contributed by atoms with E-state index < -0.39 is 47.8 Å². The highest BCUT2D eigenvalue weighted by Gasteiger charge is 2.44. The first-order valence-corrected chi connectivity index (χ1v) is 20.0. The summed E-state index contributed by atoms with van der Waals surface area (Å²) < 4.78 is -0.549. The number of carbonyl (C=O) groups excluding carboxylic acids is 2. The van der Waals surface area contributed by atoms with Crippen LogP contribution >= 0.6 is 0 Å². The molecule has 0 aliphatic rings. The fraction of sp³-hybridized carbons (Fsp3) is 0.762. The minimum absolute atomic E-state index is 0. The Labute approximate surface area is 317 Å². The molecule has 50 heavy (non-hydrogen) atoms. The second-order valence-corrected chi connectivity index (χ2v) is 14.2. The first-order chi connectivity index (χ1) is 23.7. The third-order valence-corrected chi connectivity index (χ3v) is 9.29. The molecule has 0 aliphatic heterocycles. The number of hydrogen-bond acceptors (Lipinski definition) is 6. The molecule has 0 aromatic rings. The molecule has 0 saturated carbocycles. The SMILES string of the molecule is CCCCCCCCCCCCCC=CC=CC(=O)C(C(=O)C=CC=CCCCCCCCCCCCCC)[N+](C)(CC(O)O)CC(O)O.[Br-]. The lowest BCUT2D eigenvalue weighted by Crippen LogP contribution is -3.00. The average molecular weight is 771 g/mol. The Morgan fingerprint density at radius 3 is 1.04 bits per heavy atom. The number of carbonyl (C=O) groups is 2. The van der Waals surface area contributed by atoms with Gasteiger partial charge in [0.05, 0.1) is 7.05 Å². The van der Waals surface area contributed by atoms with Crippen LogP contribution in [0.3, 0.4) is 0 Å². The third kappa shape index (κ3) is 30.2. The molecule has 0 amide bonds. The quantitative estimate of drug-likeness (QED) is 0.0153. The van der Waals surface area contributed by atoms with Gasteiger partial charge in [-0.2, -0.15) is 0 Å². The van der Waals surface area contributed by atoms with E-state index in [-0.39, 0.29) is 17.0 Å². The van der Waals surface area contributed by atoms with Crippen LogP contribution in [0.4, 0.5) is 0 Å². The molecular formula is C42H76BrNO6. The van der Waals surface area contributed by atoms with Gasteiger partial charge in [-0.1, -0.05) is 179 Å². The molecule has 0 spiro atoms. The fourth-order valence-electron chi connectivity index (χ4n) is 6.47. The van der Waals surface area contributed by atoms with Gasteiger partial charge < -0.3 is 41.9 Å². The van der Waals surface area contributed by atoms with Gasteiger partial charge in [-0.15, -0.1) is 0 Å². The minimum Gasteiger partial charge on any atom is -1.00 e. The average Bonchev–Trinajstić information content (AvgIpc) is 3.03. The molecule has 0 unspecified atom stereocenters. The summed E-state index contributed by atoms with van der Waals surface area (Å²) in [5, 5.41) is 39.0. The minimum atomic E-state index is -1.84. The van der Waals surface area contributed by atoms with Crippen molar-refractivity contribution in [3.05, 3.63) is 48.6 Å². The zero-order valence-electron chi connectivity index (χ0n) is 32.2. The topological polar surface area (TPSA) is 115 Å². The standard InChI is InChI=1S/C42H76NO6.BrH/c1-4-6-8-10-12-14-16-18-20-22-24-26-28-30-32-34-38(44)42(43(3,36-40(46)47)37-41(48)49)39(45)35-33-31-29-27-25-23-21-19-17-15-13-11-9-7-5-2;/h28-35,40-42,46-49H,4-27,36-37H2,1-3H3;1H/q+1;/p-1. The molecule has 0 atom stereocenters. The monoisotopic (exact) mass is 769 g/mol. The molecule has 0 aromatic heterocycles. The Bertz CT molecular complexity index is 846. The molecule has 8 heteroatoms. The summed E-state index contributed by atoms with van der Waals surface area (Å²) in [5.41, 5.74) is 0. The van der Waals surface area contributed by atoms with E-state index in [1.165, 1.54) is 148 Å². The summed E-state index contributed by atoms with van der Waals surface area (Å²) in [5.74, 6) is -1.05. The smallest absolute Gasteiger partial charge is 0.221 e. The molecule has 7 nitrogen and oxygen atoms in total. The number of nitrogens with zero attached hydrogens (tertiary/aromatic N) is 1. The van der Waals surface area contributed by atoms with Gasteiger partial charge in [-0.05, 0) is 37.8 Å². The Morgan fingerprint density at radius 1 is 0.480 bits per heavy atom. The maximum Gasteiger partial charge on any atom is 0.221 e. The zero-order chi connectivity index (χ0) is 36.4. The Hall–Kier alpha value is -1.42. The molecule has 0 fully saturated rings. The van der Waals surface area contributed by atoms with Crippen molar-refractivity contribution < 1.29 is 51.5 Å². The molecule has 0 bridgehead atoms. The largest absolute Gasteiger partial charge is 1.00 e. The highest BCUT2D eigenvalue weighted by Crippen LogP contribution is 2.18. The number of hydrogen-bond donors (Lipinski definition) is 4. The predicted octanol–water partition coefficient (Wildman–Crippen LogP) is 6.19. The summed E-state index contributed by atoms with van der Waals surface area (Å²) in [6.45, 7) is 3.67. The summed E-state index contributed by atoms with van der Waals surface area (Å²) >= 11 is 0. The first kappa shape index (κ1) is 50.7. The van der Waals surface area contributed by atoms with E-state index in [0.29, 0.717) is 0 Å². The van der Waals surface area contributed by atoms with E-state index in [1.54, 1.807) is 24.3 Å². The number of aliphatic hydroxyl groups is 4. The maximum absolute atomic E-state index is 13.4. The van der Waals surface area contributed by atoms with Gasteiger partial charge in [0, 0.05) is 0 Å². The van der Waals surface area contributed by atoms with E-state index >= 15 is 0 Å². The second kappa shape index (κ2) is 36.0. The van der Waals surface area contributed by atoms with Crippen molar-refractivity contribution in [3.63, 3.8) is 0 Å². The van der Waals surface area contributed by atoms with Crippen LogP contribution in [0.1, 0.15) is 168 Å². The van der Waals surface area contributed by atoms with Crippen LogP contribution in [-0.2, 0) is 9.59 Å². The number of quaternary nitrogens is 1. The summed E-state index contributed by atoms with van der Waals surface area (Å²) in [4.78, 5) is 26.7. The van der Waals surface area contributed by atoms with Crippen molar-refractivity contribution in [2.45, 2.75) is 187 Å². The molecule has 292 valence electrons. The number of aliphatic hydroxyl groups excluding tert-OH is 2. The van der Waals surface area contributed by atoms with E-state index in [0.717, 1.165) is 25.7 Å². The number of likely N-dealkylation sites (N-methyl/N-ethyl adjacent to an activating group) is 1. The molecule has 0 aromatic carbocycles. The summed E-state index contributed by atoms with van der Waals surface area (Å²) in [7, 11) is 1.46. The number of unbranched alkanes of at least 4 members (excludes halogenated alkanes) is 22. The van der Waals surface area contributed by atoms with Gasteiger partial charge in [0.25, 0.3) is 0 Å². The summed E-state index contributed by atoms with van der Waals surface area (Å²) in [6, 6.07) is -1.35. The second-order valence-electron chi connectivity index (χ2n) is 14.2. The van der Waals surface area contributed by atoms with Crippen LogP contribution in [-0.4, -0.2) is 75.2 Å². The van der Waals surface area contributed by atoms with Crippen LogP contribution in [0, 0.1) is 0 Å². The van der Waals surface area contributed by atoms with Gasteiger partial charge in [0.15, 0.2) is 0 Å². The van der Waals surface area contributed by atoms with Gasteiger partial charge in [-0.3, -0.25) is 9.59 Å². The Morgan fingerprint density at radius 2 is 0.760 bits per heavy atom. The van der Waals surface area contributed by atoms with Crippen molar-refractivity contribution in [2.75, 3.05) is 20.1 Å². The van der Waals surface area contributed by atoms with Crippen molar-refractivity contribution in [1.82, 2.24) is 0 Å². The molecule has 0 rings (SSSR count). The van der Waals surface area contributed by atoms with Crippen LogP contribution in [0.25, 0.3) is 0 Å². The van der Waals surface area contributed by atoms with Crippen molar-refractivity contribution in [2.24, 2.45) is 0 Å². The Kier molecular flexibility index (Phi) is 36.5. The van der Waals surface area contributed by atoms with Crippen LogP contribution in [0.15, 0.2) is 48.6 Å². The molecule has 0 heterocycles. The first-order valence-electron chi connectivity index (χ1n) is 20.0. The van der Waals surface area contributed by atoms with Crippen molar-refractivity contribution >= 4 is 11.6 Å². The lowest BCUT2D eigenvalue weighted by Gasteiger charge is -2.39. The number of allylic oxidation sites excluding steroid dienone is 6. The van der Waals surface area contributed by atoms with E-state index in [4.69, 9.17) is 0 Å². The lowest BCUT2D eigenvalue weighted by atomic mass is 10.0. The summed E-state index contributed by atoms with van der Waals surface area (Å²) in [6.07, 6.45) is 40.0. The number of halogens is 1. The van der Waals surface area contributed by atoms with Crippen molar-refractivity contribution in [3.8, 4) is 0 Å². The highest BCUT2D eigenvalue weighted by atomic mass is 79.9. The molecular weight excluding hydrogens is 694 g/mol. The molecule has 0 saturated heterocycles. The van der Waals surface area contributed by atoms with E-state index in [1.807, 2.05) is 12.2 Å². The van der Waals surface area contributed by atoms with Crippen LogP contribution in [0.5, 0.6) is 0 Å². The molecule has 0 aliphatic carbocycles. The zero-order valence-corrected chi connectivity index (χ0v) is 33.8. The molecule has 0 radical (unpaired) electrons. The van der Waals surface area contributed by atoms with Crippen LogP contribution in [0.2, 0.25) is 0 Å². The lowest BCUT2D eigenvalue weighted by molar-refractivity contribution is -0.926. The van der Waals surface area contributed by atoms with Gasteiger partial charge >= 0.3 is 0 Å². The third-order valence-electron chi connectivity index (χ3n) is 9.29.